The molecule has 1 fully saturated rings. The number of nitrogens with zero attached hydrogens (tertiary/aromatic N) is 7. The summed E-state index contributed by atoms with van der Waals surface area (Å²) in [5.74, 6) is -0.154. The number of carbonyl (C=O) groups is 2. The molecule has 4 heterocycles. The van der Waals surface area contributed by atoms with Gasteiger partial charge in [-0.25, -0.2) is 28.7 Å². The molecule has 5 aromatic rings. The summed E-state index contributed by atoms with van der Waals surface area (Å²) < 4.78 is 42.4. The van der Waals surface area contributed by atoms with Crippen LogP contribution >= 0.6 is 15.6 Å². The van der Waals surface area contributed by atoms with Gasteiger partial charge in [-0.1, -0.05) is 51.0 Å². The Labute approximate surface area is 435 Å². The molecule has 0 radical (unpaired) electrons. The first-order valence-electron chi connectivity index (χ1n) is 25.3. The predicted octanol–water partition coefficient (Wildman–Crippen LogP) is 3.30. The number of phosphoric acid groups is 2. The largest absolute Gasteiger partial charge is 0.470 e. The van der Waals surface area contributed by atoms with Crippen molar-refractivity contribution in [2.24, 2.45) is 0 Å². The monoisotopic (exact) mass is 1080 g/mol. The van der Waals surface area contributed by atoms with E-state index in [-0.39, 0.29) is 46.6 Å². The Balaban J connectivity index is 0.858. The third-order valence-electron chi connectivity index (χ3n) is 14.3. The van der Waals surface area contributed by atoms with Gasteiger partial charge in [-0.05, 0) is 89.9 Å². The van der Waals surface area contributed by atoms with E-state index in [0.717, 1.165) is 72.7 Å². The van der Waals surface area contributed by atoms with Crippen LogP contribution in [0.2, 0.25) is 0 Å². The van der Waals surface area contributed by atoms with E-state index in [0.29, 0.717) is 44.5 Å². The van der Waals surface area contributed by atoms with Gasteiger partial charge < -0.3 is 55.6 Å². The second kappa shape index (κ2) is 22.9. The van der Waals surface area contributed by atoms with Crippen LogP contribution in [-0.2, 0) is 39.5 Å². The Morgan fingerprint density at radius 1 is 0.947 bits per heavy atom. The van der Waals surface area contributed by atoms with Crippen LogP contribution in [0.4, 0.5) is 17.5 Å². The lowest BCUT2D eigenvalue weighted by Gasteiger charge is -2.36. The standard InChI is InChI=1S/C51H68N10O12P2/c1-7-60-25-14-16-31-26-36-38(28-39(31)60)51(2,3)37-27-32(58(4)5)20-21-35(37)42(36)33-17-10-11-18-34(33)48(64)59(6)24-15-19-41(62)53-22-12-8-9-13-23-54-50-57-43-46(52)55-30-56-47(43)61(50)49-45(73-75(68,69)70)44(63)40(72-49)29-71-74(65,66)67/h10-11,17-18,20-21,26-28,30,40,44-45,49,52,63H,7-9,12-16,19,22-25,29H2,1-6H3,(H6,53,62,64,65,66,67,68,69,70)/p+1/t40-,44-,45-,49-/m1/s1. The minimum absolute atomic E-state index is 0.0187. The lowest BCUT2D eigenvalue weighted by Crippen LogP contribution is -2.43. The number of nitrogen functional groups attached to an aromatic ring is 1. The number of unbranched alkanes of at least 4 members (excludes halogenated alkanes) is 3. The van der Waals surface area contributed by atoms with Gasteiger partial charge in [0.25, 0.3) is 5.91 Å². The fourth-order valence-electron chi connectivity index (χ4n) is 10.5. The lowest BCUT2D eigenvalue weighted by atomic mass is 9.68. The maximum Gasteiger partial charge on any atom is 0.470 e. The van der Waals surface area contributed by atoms with Crippen LogP contribution in [0.25, 0.3) is 16.7 Å². The molecular formula is C51H69N10O12P2+. The molecule has 75 heavy (non-hydrogen) atoms. The Bertz CT molecular complexity index is 3180. The topological polar surface area (TPSA) is 300 Å². The summed E-state index contributed by atoms with van der Waals surface area (Å²) in [6, 6.07) is 19.3. The van der Waals surface area contributed by atoms with Crippen LogP contribution in [0.1, 0.15) is 110 Å². The van der Waals surface area contributed by atoms with Crippen LogP contribution in [-0.4, -0.2) is 140 Å². The predicted molar refractivity (Wildman–Crippen MR) is 282 cm³/mol. The highest BCUT2D eigenvalue weighted by Crippen LogP contribution is 2.47. The molecule has 3 aliphatic rings. The van der Waals surface area contributed by atoms with Crippen molar-refractivity contribution in [1.29, 1.82) is 0 Å². The first-order valence-corrected chi connectivity index (χ1v) is 28.4. The van der Waals surface area contributed by atoms with Crippen molar-refractivity contribution in [3.8, 4) is 0 Å². The summed E-state index contributed by atoms with van der Waals surface area (Å²) >= 11 is 0. The number of nitrogens with one attached hydrogen (secondary N) is 2. The third-order valence-corrected chi connectivity index (χ3v) is 15.3. The van der Waals surface area contributed by atoms with E-state index in [2.05, 4.69) is 111 Å². The number of aliphatic hydroxyl groups excluding tert-OH is 1. The molecule has 0 unspecified atom stereocenters. The molecule has 8 rings (SSSR count). The van der Waals surface area contributed by atoms with E-state index >= 15 is 0 Å². The molecular weight excluding hydrogens is 1010 g/mol. The molecule has 0 saturated carbocycles. The normalized spacial score (nSPS) is 19.1. The van der Waals surface area contributed by atoms with E-state index < -0.39 is 46.8 Å². The fraction of sp³-hybridized carbons (Fsp3) is 0.490. The Morgan fingerprint density at radius 3 is 2.41 bits per heavy atom. The number of imidazole rings is 1. The summed E-state index contributed by atoms with van der Waals surface area (Å²) in [7, 11) is -4.36. The molecule has 404 valence electrons. The first-order chi connectivity index (χ1) is 35.6. The highest BCUT2D eigenvalue weighted by Gasteiger charge is 2.50. The van der Waals surface area contributed by atoms with Gasteiger partial charge in [0.2, 0.25) is 17.2 Å². The molecule has 2 aliphatic heterocycles. The van der Waals surface area contributed by atoms with Crippen molar-refractivity contribution in [1.82, 2.24) is 34.3 Å². The van der Waals surface area contributed by atoms with Gasteiger partial charge in [-0.2, -0.15) is 0 Å². The van der Waals surface area contributed by atoms with Crippen molar-refractivity contribution in [2.45, 2.75) is 102 Å². The number of fused-ring (bicyclic) bond motifs is 4. The molecule has 24 heteroatoms. The highest BCUT2D eigenvalue weighted by molar-refractivity contribution is 7.46. The molecule has 0 bridgehead atoms. The molecule has 9 N–H and O–H groups in total. The second-order valence-corrected chi connectivity index (χ2v) is 22.5. The number of carbonyl (C=O) groups excluding carboxylic acids is 2. The smallest absolute Gasteiger partial charge is 0.387 e. The van der Waals surface area contributed by atoms with E-state index in [1.807, 2.05) is 18.2 Å². The van der Waals surface area contributed by atoms with Gasteiger partial charge in [0.05, 0.1) is 6.61 Å². The highest BCUT2D eigenvalue weighted by atomic mass is 31.2. The van der Waals surface area contributed by atoms with Crippen molar-refractivity contribution in [3.05, 3.63) is 105 Å². The zero-order valence-corrected chi connectivity index (χ0v) is 45.0. The number of nitrogens with two attached hydrogens (primary N) is 1. The van der Waals surface area contributed by atoms with Crippen LogP contribution in [0.3, 0.4) is 0 Å². The quantitative estimate of drug-likeness (QED) is 0.0280. The van der Waals surface area contributed by atoms with Gasteiger partial charge in [0, 0.05) is 81.9 Å². The fourth-order valence-corrected chi connectivity index (χ4v) is 11.4. The average molecular weight is 1080 g/mol. The van der Waals surface area contributed by atoms with Crippen molar-refractivity contribution in [2.75, 3.05) is 76.4 Å². The molecule has 2 amide bonds. The summed E-state index contributed by atoms with van der Waals surface area (Å²) in [5.41, 5.74) is 14.5. The molecule has 0 spiro atoms. The number of benzene rings is 3. The Morgan fingerprint density at radius 2 is 1.69 bits per heavy atom. The summed E-state index contributed by atoms with van der Waals surface area (Å²) in [4.78, 5) is 81.7. The summed E-state index contributed by atoms with van der Waals surface area (Å²) in [6.07, 6.45) is 0.223. The molecule has 1 aliphatic carbocycles. The first kappa shape index (κ1) is 55.6. The number of aliphatic hydroxyl groups is 1. The molecule has 22 nitrogen and oxygen atoms in total. The lowest BCUT2D eigenvalue weighted by molar-refractivity contribution is -0.121. The summed E-state index contributed by atoms with van der Waals surface area (Å²) in [5, 5.41) is 19.5. The minimum atomic E-state index is -5.25. The molecule has 2 aromatic heterocycles. The van der Waals surface area contributed by atoms with E-state index in [4.69, 9.17) is 15.0 Å². The van der Waals surface area contributed by atoms with E-state index in [1.54, 1.807) is 11.9 Å². The average Bonchev–Trinajstić information content (AvgIpc) is 3.88. The SMILES string of the molecule is CC[N+]1=c2cc3c(cc2CCC1)=C(c1ccccc1C(=O)N(C)CCCC(=O)NCCCCCCNc1nc2c(N)ncnc2n1[C@@H]1O[C@H](COP(=O)(O)O)[C@@H](O)[C@H]1OP(=O)(O)O)c1ccc(N(C)C)cc1C3(C)C. The van der Waals surface area contributed by atoms with Crippen LogP contribution in [0.15, 0.2) is 60.9 Å². The van der Waals surface area contributed by atoms with Crippen molar-refractivity contribution in [3.63, 3.8) is 0 Å². The Kier molecular flexibility index (Phi) is 17.0. The minimum Gasteiger partial charge on any atom is -0.387 e. The second-order valence-electron chi connectivity index (χ2n) is 20.0. The maximum absolute atomic E-state index is 14.5. The van der Waals surface area contributed by atoms with Crippen LogP contribution < -0.4 is 36.4 Å². The number of anilines is 3. The number of rotatable bonds is 22. The number of aromatic nitrogens is 4. The van der Waals surface area contributed by atoms with Crippen LogP contribution in [0, 0.1) is 0 Å². The number of aryl methyl sites for hydroxylation is 1. The number of ether oxygens (including phenoxy) is 1. The molecule has 1 saturated heterocycles. The maximum atomic E-state index is 14.5. The third kappa shape index (κ3) is 12.3. The van der Waals surface area contributed by atoms with E-state index in [9.17, 15) is 43.4 Å². The van der Waals surface area contributed by atoms with Crippen molar-refractivity contribution < 1.29 is 57.2 Å². The van der Waals surface area contributed by atoms with Gasteiger partial charge >= 0.3 is 15.6 Å². The van der Waals surface area contributed by atoms with Crippen LogP contribution in [0.5, 0.6) is 0 Å². The zero-order valence-electron chi connectivity index (χ0n) is 43.2. The Hall–Kier alpha value is -5.64. The van der Waals surface area contributed by atoms with E-state index in [1.165, 1.54) is 26.6 Å². The van der Waals surface area contributed by atoms with Gasteiger partial charge in [-0.15, -0.1) is 0 Å². The van der Waals surface area contributed by atoms with Gasteiger partial charge in [0.15, 0.2) is 23.2 Å². The number of amides is 2. The van der Waals surface area contributed by atoms with Gasteiger partial charge in [0.1, 0.15) is 37.7 Å². The number of phosphoric ester groups is 2. The number of hydrogen-bond donors (Lipinski definition) is 8. The molecule has 3 aromatic carbocycles. The van der Waals surface area contributed by atoms with Crippen molar-refractivity contribution >= 4 is 61.7 Å². The number of hydrogen-bond acceptors (Lipinski definition) is 14. The molecule has 4 atom stereocenters. The summed E-state index contributed by atoms with van der Waals surface area (Å²) in [6.45, 7) is 9.16. The van der Waals surface area contributed by atoms with Gasteiger partial charge in [-0.3, -0.25) is 23.2 Å². The zero-order chi connectivity index (χ0) is 54.0.